The maximum atomic E-state index is 13.0. The maximum absolute atomic E-state index is 13.0. The highest BCUT2D eigenvalue weighted by Crippen LogP contribution is 2.38. The molecule has 2 amide bonds. The van der Waals surface area contributed by atoms with E-state index in [1.807, 2.05) is 0 Å². The number of ether oxygens (including phenoxy) is 2. The molecule has 2 aliphatic rings. The minimum atomic E-state index is -0.369. The quantitative estimate of drug-likeness (QED) is 0.671. The molecule has 4 rings (SSSR count). The van der Waals surface area contributed by atoms with E-state index in [1.54, 1.807) is 12.1 Å². The number of carbonyl (C=O) groups excluding carboxylic acids is 2. The van der Waals surface area contributed by atoms with Crippen LogP contribution >= 0.6 is 15.9 Å². The van der Waals surface area contributed by atoms with Crippen LogP contribution in [0.25, 0.3) is 0 Å². The minimum absolute atomic E-state index is 0.0313. The van der Waals surface area contributed by atoms with E-state index in [0.717, 1.165) is 17.3 Å². The summed E-state index contributed by atoms with van der Waals surface area (Å²) in [6.45, 7) is 2.65. The maximum Gasteiger partial charge on any atom is 0.251 e. The molecule has 0 saturated carbocycles. The number of anilines is 1. The van der Waals surface area contributed by atoms with Crippen LogP contribution in [0.15, 0.2) is 40.9 Å². The van der Waals surface area contributed by atoms with Crippen molar-refractivity contribution < 1.29 is 23.5 Å². The van der Waals surface area contributed by atoms with Gasteiger partial charge in [-0.25, -0.2) is 4.39 Å². The molecule has 0 unspecified atom stereocenters. The molecule has 0 atom stereocenters. The summed E-state index contributed by atoms with van der Waals surface area (Å²) < 4.78 is 24.8. The van der Waals surface area contributed by atoms with Crippen LogP contribution in [0.2, 0.25) is 0 Å². The molecule has 0 spiro atoms. The summed E-state index contributed by atoms with van der Waals surface area (Å²) in [7, 11) is 0. The number of nitrogens with zero attached hydrogens (tertiary/aromatic N) is 1. The second-order valence-corrected chi connectivity index (χ2v) is 8.41. The fourth-order valence-electron chi connectivity index (χ4n) is 3.66. The number of fused-ring (bicyclic) bond motifs is 1. The lowest BCUT2D eigenvalue weighted by Crippen LogP contribution is -2.46. The van der Waals surface area contributed by atoms with Gasteiger partial charge in [-0.15, -0.1) is 0 Å². The first-order chi connectivity index (χ1) is 15.0. The molecular formula is C22H23BrFN3O4. The topological polar surface area (TPSA) is 79.9 Å². The van der Waals surface area contributed by atoms with E-state index in [9.17, 15) is 14.0 Å². The van der Waals surface area contributed by atoms with Gasteiger partial charge >= 0.3 is 0 Å². The fourth-order valence-corrected chi connectivity index (χ4v) is 4.08. The molecule has 7 nitrogen and oxygen atoms in total. The molecule has 2 heterocycles. The Morgan fingerprint density at radius 3 is 2.39 bits per heavy atom. The van der Waals surface area contributed by atoms with Crippen molar-refractivity contribution in [2.75, 3.05) is 38.2 Å². The molecule has 31 heavy (non-hydrogen) atoms. The minimum Gasteiger partial charge on any atom is -0.486 e. The van der Waals surface area contributed by atoms with Crippen LogP contribution < -0.4 is 20.1 Å². The smallest absolute Gasteiger partial charge is 0.251 e. The van der Waals surface area contributed by atoms with E-state index in [4.69, 9.17) is 9.47 Å². The first-order valence-corrected chi connectivity index (χ1v) is 10.9. The van der Waals surface area contributed by atoms with Gasteiger partial charge in [0.2, 0.25) is 5.91 Å². The molecule has 0 aromatic heterocycles. The van der Waals surface area contributed by atoms with Crippen LogP contribution in [0.5, 0.6) is 11.5 Å². The molecule has 2 aromatic rings. The summed E-state index contributed by atoms with van der Waals surface area (Å²) in [5.41, 5.74) is 1.07. The molecule has 2 N–H and O–H groups in total. The van der Waals surface area contributed by atoms with Gasteiger partial charge in [0.05, 0.1) is 12.2 Å². The number of carbonyl (C=O) groups is 2. The van der Waals surface area contributed by atoms with E-state index in [-0.39, 0.29) is 30.2 Å². The first-order valence-electron chi connectivity index (χ1n) is 10.2. The third-order valence-corrected chi connectivity index (χ3v) is 5.96. The molecule has 1 fully saturated rings. The zero-order valence-corrected chi connectivity index (χ0v) is 18.4. The van der Waals surface area contributed by atoms with Gasteiger partial charge in [-0.05, 0) is 53.0 Å². The SMILES string of the molecule is O=C(CN1CCC(NC(=O)c2ccc(F)cc2)CC1)Nc1cc2c(cc1Br)OCCO2. The summed E-state index contributed by atoms with van der Waals surface area (Å²) in [5, 5.41) is 5.90. The van der Waals surface area contributed by atoms with Crippen molar-refractivity contribution in [2.45, 2.75) is 18.9 Å². The van der Waals surface area contributed by atoms with E-state index < -0.39 is 0 Å². The van der Waals surface area contributed by atoms with Crippen molar-refractivity contribution in [2.24, 2.45) is 0 Å². The molecule has 0 radical (unpaired) electrons. The highest BCUT2D eigenvalue weighted by molar-refractivity contribution is 9.10. The van der Waals surface area contributed by atoms with Gasteiger partial charge in [-0.3, -0.25) is 14.5 Å². The third kappa shape index (κ3) is 5.54. The van der Waals surface area contributed by atoms with Gasteiger partial charge in [0.15, 0.2) is 11.5 Å². The molecule has 9 heteroatoms. The summed E-state index contributed by atoms with van der Waals surface area (Å²) in [6.07, 6.45) is 1.49. The standard InChI is InChI=1S/C22H23BrFN3O4/c23-17-11-19-20(31-10-9-30-19)12-18(17)26-21(28)13-27-7-5-16(6-8-27)25-22(29)14-1-3-15(24)4-2-14/h1-4,11-12,16H,5-10,13H2,(H,25,29)(H,26,28). The number of hydrogen-bond donors (Lipinski definition) is 2. The molecule has 2 aromatic carbocycles. The van der Waals surface area contributed by atoms with E-state index in [0.29, 0.717) is 49.1 Å². The predicted molar refractivity (Wildman–Crippen MR) is 117 cm³/mol. The van der Waals surface area contributed by atoms with Crippen molar-refractivity contribution in [1.29, 1.82) is 0 Å². The van der Waals surface area contributed by atoms with Crippen LogP contribution in [0.1, 0.15) is 23.2 Å². The second-order valence-electron chi connectivity index (χ2n) is 7.55. The van der Waals surface area contributed by atoms with Crippen LogP contribution in [0, 0.1) is 5.82 Å². The lowest BCUT2D eigenvalue weighted by molar-refractivity contribution is -0.117. The molecule has 0 bridgehead atoms. The summed E-state index contributed by atoms with van der Waals surface area (Å²) in [5.74, 6) is 0.570. The molecule has 2 aliphatic heterocycles. The Labute approximate surface area is 188 Å². The van der Waals surface area contributed by atoms with E-state index in [1.165, 1.54) is 24.3 Å². The summed E-state index contributed by atoms with van der Waals surface area (Å²) in [6, 6.07) is 9.07. The van der Waals surface area contributed by atoms with Crippen LogP contribution in [0.4, 0.5) is 10.1 Å². The molecule has 164 valence electrons. The van der Waals surface area contributed by atoms with Gasteiger partial charge < -0.3 is 20.1 Å². The average molecular weight is 492 g/mol. The van der Waals surface area contributed by atoms with Crippen LogP contribution in [0.3, 0.4) is 0 Å². The molecule has 1 saturated heterocycles. The predicted octanol–water partition coefficient (Wildman–Crippen LogP) is 3.19. The normalized spacial score (nSPS) is 16.6. The average Bonchev–Trinajstić information content (AvgIpc) is 2.76. The van der Waals surface area contributed by atoms with Gasteiger partial charge in [-0.2, -0.15) is 0 Å². The second kappa shape index (κ2) is 9.65. The third-order valence-electron chi connectivity index (χ3n) is 5.30. The van der Waals surface area contributed by atoms with Gasteiger partial charge in [0.1, 0.15) is 19.0 Å². The van der Waals surface area contributed by atoms with Crippen molar-refractivity contribution in [3.05, 3.63) is 52.3 Å². The molecule has 0 aliphatic carbocycles. The monoisotopic (exact) mass is 491 g/mol. The Morgan fingerprint density at radius 1 is 1.06 bits per heavy atom. The van der Waals surface area contributed by atoms with Gasteiger partial charge in [-0.1, -0.05) is 0 Å². The largest absolute Gasteiger partial charge is 0.486 e. The van der Waals surface area contributed by atoms with Crippen LogP contribution in [-0.4, -0.2) is 55.6 Å². The Bertz CT molecular complexity index is 962. The Kier molecular flexibility index (Phi) is 6.72. The number of likely N-dealkylation sites (tertiary alicyclic amines) is 1. The summed E-state index contributed by atoms with van der Waals surface area (Å²) >= 11 is 3.46. The lowest BCUT2D eigenvalue weighted by Gasteiger charge is -2.32. The fraction of sp³-hybridized carbons (Fsp3) is 0.364. The Morgan fingerprint density at radius 2 is 1.71 bits per heavy atom. The van der Waals surface area contributed by atoms with E-state index in [2.05, 4.69) is 31.5 Å². The van der Waals surface area contributed by atoms with Gasteiger partial charge in [0.25, 0.3) is 5.91 Å². The lowest BCUT2D eigenvalue weighted by atomic mass is 10.0. The summed E-state index contributed by atoms with van der Waals surface area (Å²) in [4.78, 5) is 26.9. The number of amides is 2. The zero-order chi connectivity index (χ0) is 21.8. The zero-order valence-electron chi connectivity index (χ0n) is 16.8. The van der Waals surface area contributed by atoms with Crippen molar-refractivity contribution >= 4 is 33.4 Å². The number of rotatable bonds is 5. The highest BCUT2D eigenvalue weighted by Gasteiger charge is 2.23. The van der Waals surface area contributed by atoms with E-state index >= 15 is 0 Å². The van der Waals surface area contributed by atoms with Crippen molar-refractivity contribution in [1.82, 2.24) is 10.2 Å². The Balaban J connectivity index is 1.25. The van der Waals surface area contributed by atoms with Gasteiger partial charge in [0, 0.05) is 41.3 Å². The van der Waals surface area contributed by atoms with Crippen LogP contribution in [-0.2, 0) is 4.79 Å². The first kappa shape index (κ1) is 21.6. The number of hydrogen-bond acceptors (Lipinski definition) is 5. The highest BCUT2D eigenvalue weighted by atomic mass is 79.9. The van der Waals surface area contributed by atoms with Crippen molar-refractivity contribution in [3.63, 3.8) is 0 Å². The number of halogens is 2. The molecular weight excluding hydrogens is 469 g/mol. The van der Waals surface area contributed by atoms with Crippen molar-refractivity contribution in [3.8, 4) is 11.5 Å². The number of piperidine rings is 1. The Hall–Kier alpha value is -2.65. The number of nitrogens with one attached hydrogen (secondary N) is 2. The number of benzene rings is 2.